The fourth-order valence-corrected chi connectivity index (χ4v) is 3.07. The standard InChI is InChI=1S/C15H25N3O4S/c1-11-10-13(6-7-14(11)23(20,21)18(3)4)17-15(19)16-12(2)8-9-22-5/h6-7,10,12H,8-9H2,1-5H3,(H2,16,17,19). The number of urea groups is 1. The number of nitrogens with zero attached hydrogens (tertiary/aromatic N) is 1. The van der Waals surface area contributed by atoms with Crippen LogP contribution in [0.1, 0.15) is 18.9 Å². The number of anilines is 1. The molecule has 0 spiro atoms. The Balaban J connectivity index is 2.77. The molecular formula is C15H25N3O4S. The van der Waals surface area contributed by atoms with Gasteiger partial charge in [0.1, 0.15) is 0 Å². The van der Waals surface area contributed by atoms with E-state index in [1.54, 1.807) is 26.2 Å². The Labute approximate surface area is 138 Å². The predicted molar refractivity (Wildman–Crippen MR) is 90.2 cm³/mol. The van der Waals surface area contributed by atoms with Crippen LogP contribution in [-0.2, 0) is 14.8 Å². The van der Waals surface area contributed by atoms with Gasteiger partial charge in [0.05, 0.1) is 4.90 Å². The van der Waals surface area contributed by atoms with Crippen LogP contribution in [0.3, 0.4) is 0 Å². The molecule has 0 saturated heterocycles. The molecule has 0 fully saturated rings. The molecule has 1 atom stereocenters. The number of aryl methyl sites for hydroxylation is 1. The van der Waals surface area contributed by atoms with Gasteiger partial charge >= 0.3 is 6.03 Å². The first-order valence-electron chi connectivity index (χ1n) is 7.28. The minimum absolute atomic E-state index is 0.0237. The minimum atomic E-state index is -3.49. The molecule has 2 amide bonds. The first-order valence-corrected chi connectivity index (χ1v) is 8.72. The first kappa shape index (κ1) is 19.4. The summed E-state index contributed by atoms with van der Waals surface area (Å²) in [4.78, 5) is 12.1. The molecule has 2 N–H and O–H groups in total. The molecule has 23 heavy (non-hydrogen) atoms. The first-order chi connectivity index (χ1) is 10.7. The number of carbonyl (C=O) groups is 1. The average Bonchev–Trinajstić information content (AvgIpc) is 2.44. The van der Waals surface area contributed by atoms with Crippen molar-refractivity contribution in [1.82, 2.24) is 9.62 Å². The summed E-state index contributed by atoms with van der Waals surface area (Å²) in [5.41, 5.74) is 1.11. The van der Waals surface area contributed by atoms with Crippen molar-refractivity contribution in [2.75, 3.05) is 33.1 Å². The van der Waals surface area contributed by atoms with Gasteiger partial charge in [-0.3, -0.25) is 0 Å². The maximum atomic E-state index is 12.1. The van der Waals surface area contributed by atoms with Crippen molar-refractivity contribution in [3.05, 3.63) is 23.8 Å². The Morgan fingerprint density at radius 3 is 2.52 bits per heavy atom. The summed E-state index contributed by atoms with van der Waals surface area (Å²) >= 11 is 0. The Morgan fingerprint density at radius 1 is 1.35 bits per heavy atom. The summed E-state index contributed by atoms with van der Waals surface area (Å²) in [5.74, 6) is 0. The molecule has 0 radical (unpaired) electrons. The minimum Gasteiger partial charge on any atom is -0.385 e. The number of carbonyl (C=O) groups excluding carboxylic acids is 1. The molecule has 0 bridgehead atoms. The lowest BCUT2D eigenvalue weighted by Crippen LogP contribution is -2.36. The topological polar surface area (TPSA) is 87.7 Å². The third-order valence-electron chi connectivity index (χ3n) is 3.32. The second-order valence-corrected chi connectivity index (χ2v) is 7.67. The van der Waals surface area contributed by atoms with Crippen molar-refractivity contribution < 1.29 is 17.9 Å². The van der Waals surface area contributed by atoms with E-state index in [4.69, 9.17) is 4.74 Å². The van der Waals surface area contributed by atoms with E-state index < -0.39 is 10.0 Å². The molecule has 8 heteroatoms. The zero-order valence-corrected chi connectivity index (χ0v) is 15.0. The lowest BCUT2D eigenvalue weighted by molar-refractivity contribution is 0.185. The van der Waals surface area contributed by atoms with Gasteiger partial charge in [-0.15, -0.1) is 0 Å². The third kappa shape index (κ3) is 5.49. The molecule has 1 unspecified atom stereocenters. The number of methoxy groups -OCH3 is 1. The highest BCUT2D eigenvalue weighted by molar-refractivity contribution is 7.89. The van der Waals surface area contributed by atoms with E-state index in [-0.39, 0.29) is 17.0 Å². The van der Waals surface area contributed by atoms with Crippen LogP contribution in [0.5, 0.6) is 0 Å². The fraction of sp³-hybridized carbons (Fsp3) is 0.533. The second kappa shape index (κ2) is 8.28. The number of hydrogen-bond acceptors (Lipinski definition) is 4. The van der Waals surface area contributed by atoms with Crippen molar-refractivity contribution in [3.8, 4) is 0 Å². The van der Waals surface area contributed by atoms with E-state index >= 15 is 0 Å². The third-order valence-corrected chi connectivity index (χ3v) is 5.30. The molecule has 0 saturated carbocycles. The summed E-state index contributed by atoms with van der Waals surface area (Å²) in [6.07, 6.45) is 0.711. The monoisotopic (exact) mass is 343 g/mol. The summed E-state index contributed by atoms with van der Waals surface area (Å²) in [5, 5.41) is 5.49. The van der Waals surface area contributed by atoms with E-state index in [1.165, 1.54) is 20.2 Å². The molecule has 130 valence electrons. The van der Waals surface area contributed by atoms with Crippen LogP contribution < -0.4 is 10.6 Å². The number of ether oxygens (including phenoxy) is 1. The van der Waals surface area contributed by atoms with Gasteiger partial charge in [0, 0.05) is 39.5 Å². The molecule has 7 nitrogen and oxygen atoms in total. The van der Waals surface area contributed by atoms with Crippen LogP contribution in [-0.4, -0.2) is 52.6 Å². The quantitative estimate of drug-likeness (QED) is 0.790. The molecule has 0 aromatic heterocycles. The summed E-state index contributed by atoms with van der Waals surface area (Å²) in [6.45, 7) is 4.15. The van der Waals surface area contributed by atoms with Crippen molar-refractivity contribution in [2.45, 2.75) is 31.2 Å². The van der Waals surface area contributed by atoms with Crippen molar-refractivity contribution in [1.29, 1.82) is 0 Å². The number of hydrogen-bond donors (Lipinski definition) is 2. The molecule has 1 aromatic rings. The number of rotatable bonds is 7. The lowest BCUT2D eigenvalue weighted by atomic mass is 10.2. The molecule has 1 aromatic carbocycles. The van der Waals surface area contributed by atoms with Crippen LogP contribution in [0.4, 0.5) is 10.5 Å². The Kier molecular flexibility index (Phi) is 6.99. The van der Waals surface area contributed by atoms with Crippen LogP contribution in [0.15, 0.2) is 23.1 Å². The van der Waals surface area contributed by atoms with Gasteiger partial charge in [-0.25, -0.2) is 17.5 Å². The second-order valence-electron chi connectivity index (χ2n) is 5.55. The fourth-order valence-electron chi connectivity index (χ4n) is 1.97. The van der Waals surface area contributed by atoms with Crippen molar-refractivity contribution in [3.63, 3.8) is 0 Å². The zero-order valence-electron chi connectivity index (χ0n) is 14.2. The van der Waals surface area contributed by atoms with Crippen LogP contribution in [0, 0.1) is 6.92 Å². The van der Waals surface area contributed by atoms with E-state index in [2.05, 4.69) is 10.6 Å². The average molecular weight is 343 g/mol. The number of sulfonamides is 1. The number of nitrogens with one attached hydrogen (secondary N) is 2. The maximum Gasteiger partial charge on any atom is 0.319 e. The van der Waals surface area contributed by atoms with Gasteiger partial charge in [0.15, 0.2) is 0 Å². The van der Waals surface area contributed by atoms with Gasteiger partial charge < -0.3 is 15.4 Å². The number of amides is 2. The van der Waals surface area contributed by atoms with Gasteiger partial charge in [0.25, 0.3) is 0 Å². The number of benzene rings is 1. The van der Waals surface area contributed by atoms with E-state index in [0.717, 1.165) is 4.31 Å². The largest absolute Gasteiger partial charge is 0.385 e. The highest BCUT2D eigenvalue weighted by atomic mass is 32.2. The van der Waals surface area contributed by atoms with E-state index in [1.807, 2.05) is 6.92 Å². The summed E-state index contributed by atoms with van der Waals surface area (Å²) in [7, 11) is 1.08. The molecule has 0 heterocycles. The van der Waals surface area contributed by atoms with Gasteiger partial charge in [-0.1, -0.05) is 0 Å². The Hall–Kier alpha value is -1.64. The van der Waals surface area contributed by atoms with E-state index in [0.29, 0.717) is 24.3 Å². The van der Waals surface area contributed by atoms with Gasteiger partial charge in [0.2, 0.25) is 10.0 Å². The van der Waals surface area contributed by atoms with Crippen molar-refractivity contribution >= 4 is 21.7 Å². The van der Waals surface area contributed by atoms with Gasteiger partial charge in [-0.05, 0) is 44.0 Å². The van der Waals surface area contributed by atoms with Crippen LogP contribution >= 0.6 is 0 Å². The zero-order chi connectivity index (χ0) is 17.6. The molecule has 0 aliphatic heterocycles. The molecular weight excluding hydrogens is 318 g/mol. The normalized spacial score (nSPS) is 13.0. The Morgan fingerprint density at radius 2 is 2.00 bits per heavy atom. The maximum absolute atomic E-state index is 12.1. The molecule has 0 aliphatic rings. The lowest BCUT2D eigenvalue weighted by Gasteiger charge is -2.16. The smallest absolute Gasteiger partial charge is 0.319 e. The summed E-state index contributed by atoms with van der Waals surface area (Å²) in [6, 6.07) is 4.34. The van der Waals surface area contributed by atoms with Crippen molar-refractivity contribution in [2.24, 2.45) is 0 Å². The molecule has 1 rings (SSSR count). The Bertz CT molecular complexity index is 644. The molecule has 0 aliphatic carbocycles. The van der Waals surface area contributed by atoms with Crippen LogP contribution in [0.25, 0.3) is 0 Å². The SMILES string of the molecule is COCCC(C)NC(=O)Nc1ccc(S(=O)(=O)N(C)C)c(C)c1. The highest BCUT2D eigenvalue weighted by Crippen LogP contribution is 2.21. The van der Waals surface area contributed by atoms with E-state index in [9.17, 15) is 13.2 Å². The predicted octanol–water partition coefficient (Wildman–Crippen LogP) is 1.79. The summed E-state index contributed by atoms with van der Waals surface area (Å²) < 4.78 is 30.4. The van der Waals surface area contributed by atoms with Crippen LogP contribution in [0.2, 0.25) is 0 Å². The highest BCUT2D eigenvalue weighted by Gasteiger charge is 2.19. The van der Waals surface area contributed by atoms with Gasteiger partial charge in [-0.2, -0.15) is 0 Å².